The van der Waals surface area contributed by atoms with Crippen LogP contribution in [0.4, 0.5) is 0 Å². The molecule has 0 aromatic carbocycles. The fraction of sp³-hybridized carbons (Fsp3) is 1.00. The standard InChI is InChI=1S/C12H26O5S/c1-12(2,3)4-10-18(14,15)11-9-17-8-7-16-6-5-13/h13H,4-11H2,1-3H3. The van der Waals surface area contributed by atoms with Gasteiger partial charge in [0, 0.05) is 0 Å². The molecule has 1 N–H and O–H groups in total. The molecule has 0 spiro atoms. The number of aliphatic hydroxyl groups excluding tert-OH is 1. The van der Waals surface area contributed by atoms with Gasteiger partial charge in [-0.3, -0.25) is 0 Å². The summed E-state index contributed by atoms with van der Waals surface area (Å²) in [6.45, 7) is 7.29. The van der Waals surface area contributed by atoms with Crippen molar-refractivity contribution in [2.24, 2.45) is 5.41 Å². The van der Waals surface area contributed by atoms with Crippen LogP contribution in [0.1, 0.15) is 27.2 Å². The Hall–Kier alpha value is -0.170. The summed E-state index contributed by atoms with van der Waals surface area (Å²) in [5.74, 6) is 0.268. The number of hydrogen-bond donors (Lipinski definition) is 1. The van der Waals surface area contributed by atoms with E-state index in [0.717, 1.165) is 0 Å². The van der Waals surface area contributed by atoms with E-state index >= 15 is 0 Å². The van der Waals surface area contributed by atoms with E-state index in [9.17, 15) is 8.42 Å². The maximum atomic E-state index is 11.7. The maximum Gasteiger partial charge on any atom is 0.152 e. The molecule has 0 atom stereocenters. The van der Waals surface area contributed by atoms with E-state index < -0.39 is 9.84 Å². The van der Waals surface area contributed by atoms with Crippen LogP contribution >= 0.6 is 0 Å². The van der Waals surface area contributed by atoms with Crippen molar-refractivity contribution in [1.29, 1.82) is 0 Å². The summed E-state index contributed by atoms with van der Waals surface area (Å²) in [5, 5.41) is 8.46. The quantitative estimate of drug-likeness (QED) is 0.602. The lowest BCUT2D eigenvalue weighted by molar-refractivity contribution is 0.0375. The minimum atomic E-state index is -3.02. The van der Waals surface area contributed by atoms with Gasteiger partial charge in [0.1, 0.15) is 0 Å². The minimum Gasteiger partial charge on any atom is -0.394 e. The molecular weight excluding hydrogens is 256 g/mol. The summed E-state index contributed by atoms with van der Waals surface area (Å²) in [4.78, 5) is 0. The highest BCUT2D eigenvalue weighted by Gasteiger charge is 2.17. The average Bonchev–Trinajstić information content (AvgIpc) is 2.25. The van der Waals surface area contributed by atoms with Crippen LogP contribution in [0, 0.1) is 5.41 Å². The lowest BCUT2D eigenvalue weighted by Crippen LogP contribution is -2.20. The van der Waals surface area contributed by atoms with Crippen LogP contribution in [-0.4, -0.2) is 58.1 Å². The molecule has 6 heteroatoms. The number of aliphatic hydroxyl groups is 1. The van der Waals surface area contributed by atoms with Crippen LogP contribution in [-0.2, 0) is 19.3 Å². The SMILES string of the molecule is CC(C)(C)CCS(=O)(=O)CCOCCOCCO. The van der Waals surface area contributed by atoms with Gasteiger partial charge < -0.3 is 14.6 Å². The molecule has 0 aliphatic rings. The summed E-state index contributed by atoms with van der Waals surface area (Å²) in [7, 11) is -3.02. The van der Waals surface area contributed by atoms with Crippen LogP contribution in [0.25, 0.3) is 0 Å². The fourth-order valence-electron chi connectivity index (χ4n) is 1.14. The third-order valence-electron chi connectivity index (χ3n) is 2.31. The zero-order valence-corrected chi connectivity index (χ0v) is 12.5. The predicted octanol–water partition coefficient (Wildman–Crippen LogP) is 0.863. The Bertz CT molecular complexity index is 292. The van der Waals surface area contributed by atoms with Crippen molar-refractivity contribution >= 4 is 9.84 Å². The second kappa shape index (κ2) is 8.85. The van der Waals surface area contributed by atoms with Crippen molar-refractivity contribution in [3.05, 3.63) is 0 Å². The van der Waals surface area contributed by atoms with Crippen molar-refractivity contribution in [3.8, 4) is 0 Å². The predicted molar refractivity (Wildman–Crippen MR) is 71.4 cm³/mol. The summed E-state index contributed by atoms with van der Waals surface area (Å²) in [5.41, 5.74) is 0.0338. The molecule has 0 rings (SSSR count). The Labute approximate surface area is 110 Å². The molecule has 0 saturated carbocycles. The third-order valence-corrected chi connectivity index (χ3v) is 3.92. The molecule has 0 fully saturated rings. The van der Waals surface area contributed by atoms with Crippen LogP contribution in [0.2, 0.25) is 0 Å². The number of rotatable bonds is 10. The van der Waals surface area contributed by atoms with E-state index in [4.69, 9.17) is 14.6 Å². The van der Waals surface area contributed by atoms with Gasteiger partial charge in [0.25, 0.3) is 0 Å². The zero-order chi connectivity index (χ0) is 14.1. The van der Waals surface area contributed by atoms with Crippen LogP contribution in [0.15, 0.2) is 0 Å². The summed E-state index contributed by atoms with van der Waals surface area (Å²) in [6, 6.07) is 0. The molecule has 0 saturated heterocycles. The van der Waals surface area contributed by atoms with E-state index in [-0.39, 0.29) is 36.7 Å². The molecule has 0 amide bonds. The number of sulfone groups is 1. The van der Waals surface area contributed by atoms with Crippen molar-refractivity contribution in [2.45, 2.75) is 27.2 Å². The summed E-state index contributed by atoms with van der Waals surface area (Å²) < 4.78 is 33.5. The molecule has 0 aliphatic carbocycles. The van der Waals surface area contributed by atoms with Gasteiger partial charge in [-0.2, -0.15) is 0 Å². The van der Waals surface area contributed by atoms with E-state index in [1.807, 2.05) is 20.8 Å². The minimum absolute atomic E-state index is 0.0127. The molecule has 0 aromatic rings. The van der Waals surface area contributed by atoms with E-state index in [1.54, 1.807) is 0 Å². The molecule has 0 radical (unpaired) electrons. The van der Waals surface area contributed by atoms with Crippen LogP contribution in [0.3, 0.4) is 0 Å². The molecule has 0 unspecified atom stereocenters. The van der Waals surface area contributed by atoms with Gasteiger partial charge in [0.2, 0.25) is 0 Å². The number of hydrogen-bond acceptors (Lipinski definition) is 5. The summed E-state index contributed by atoms with van der Waals surface area (Å²) in [6.07, 6.45) is 0.662. The zero-order valence-electron chi connectivity index (χ0n) is 11.6. The first-order chi connectivity index (χ1) is 8.27. The second-order valence-electron chi connectivity index (χ2n) is 5.41. The molecule has 18 heavy (non-hydrogen) atoms. The highest BCUT2D eigenvalue weighted by Crippen LogP contribution is 2.19. The normalized spacial score (nSPS) is 12.9. The molecule has 0 bridgehead atoms. The second-order valence-corrected chi connectivity index (χ2v) is 7.71. The van der Waals surface area contributed by atoms with Crippen molar-refractivity contribution in [3.63, 3.8) is 0 Å². The number of ether oxygens (including phenoxy) is 2. The lowest BCUT2D eigenvalue weighted by Gasteiger charge is -2.17. The lowest BCUT2D eigenvalue weighted by atomic mass is 9.94. The van der Waals surface area contributed by atoms with E-state index in [0.29, 0.717) is 19.6 Å². The monoisotopic (exact) mass is 282 g/mol. The van der Waals surface area contributed by atoms with Crippen molar-refractivity contribution < 1.29 is 23.0 Å². The van der Waals surface area contributed by atoms with Crippen LogP contribution < -0.4 is 0 Å². The molecule has 0 aliphatic heterocycles. The Balaban J connectivity index is 3.59. The smallest absolute Gasteiger partial charge is 0.152 e. The highest BCUT2D eigenvalue weighted by atomic mass is 32.2. The maximum absolute atomic E-state index is 11.7. The fourth-order valence-corrected chi connectivity index (χ4v) is 2.64. The van der Waals surface area contributed by atoms with E-state index in [1.165, 1.54) is 0 Å². The van der Waals surface area contributed by atoms with Gasteiger partial charge in [0.05, 0.1) is 44.5 Å². The Morgan fingerprint density at radius 2 is 1.50 bits per heavy atom. The van der Waals surface area contributed by atoms with Gasteiger partial charge in [0.15, 0.2) is 9.84 Å². The molecule has 0 heterocycles. The van der Waals surface area contributed by atoms with Gasteiger partial charge >= 0.3 is 0 Å². The van der Waals surface area contributed by atoms with Gasteiger partial charge in [-0.15, -0.1) is 0 Å². The summed E-state index contributed by atoms with van der Waals surface area (Å²) >= 11 is 0. The highest BCUT2D eigenvalue weighted by molar-refractivity contribution is 7.91. The molecule has 110 valence electrons. The van der Waals surface area contributed by atoms with Gasteiger partial charge in [-0.05, 0) is 11.8 Å². The molecular formula is C12H26O5S. The molecule has 0 aromatic heterocycles. The van der Waals surface area contributed by atoms with Gasteiger partial charge in [-0.1, -0.05) is 20.8 Å². The third kappa shape index (κ3) is 12.3. The Kier molecular flexibility index (Phi) is 8.77. The molecule has 5 nitrogen and oxygen atoms in total. The van der Waals surface area contributed by atoms with Crippen molar-refractivity contribution in [2.75, 3.05) is 44.5 Å². The average molecular weight is 282 g/mol. The Morgan fingerprint density at radius 1 is 0.944 bits per heavy atom. The Morgan fingerprint density at radius 3 is 2.00 bits per heavy atom. The largest absolute Gasteiger partial charge is 0.394 e. The first kappa shape index (κ1) is 17.8. The topological polar surface area (TPSA) is 72.8 Å². The first-order valence-electron chi connectivity index (χ1n) is 6.24. The van der Waals surface area contributed by atoms with Crippen molar-refractivity contribution in [1.82, 2.24) is 0 Å². The first-order valence-corrected chi connectivity index (χ1v) is 8.06. The van der Waals surface area contributed by atoms with Crippen LogP contribution in [0.5, 0.6) is 0 Å². The van der Waals surface area contributed by atoms with Gasteiger partial charge in [-0.25, -0.2) is 8.42 Å². The van der Waals surface area contributed by atoms with E-state index in [2.05, 4.69) is 0 Å².